The van der Waals surface area contributed by atoms with Gasteiger partial charge in [0.1, 0.15) is 0 Å². The molecule has 0 heterocycles. The second-order valence-corrected chi connectivity index (χ2v) is 6.84. The van der Waals surface area contributed by atoms with E-state index in [1.165, 1.54) is 5.41 Å². The van der Waals surface area contributed by atoms with Crippen LogP contribution >= 0.6 is 18.5 Å². The van der Waals surface area contributed by atoms with Gasteiger partial charge in [-0.2, -0.15) is 5.26 Å². The third-order valence-electron chi connectivity index (χ3n) is 1.60. The Kier molecular flexibility index (Phi) is 10.8. The summed E-state index contributed by atoms with van der Waals surface area (Å²) in [6.45, 7) is 2.96. The Morgan fingerprint density at radius 2 is 1.90 bits per heavy atom. The molecule has 0 aliphatic heterocycles. The first kappa shape index (κ1) is 19.4. The fraction of sp³-hybridized carbons (Fsp3) is 0.636. The molecule has 0 atom stereocenters. The van der Waals surface area contributed by atoms with Crippen molar-refractivity contribution >= 4 is 36.3 Å². The molecule has 20 heavy (non-hydrogen) atoms. The first-order valence-electron chi connectivity index (χ1n) is 5.97. The molecule has 0 amide bonds. The van der Waals surface area contributed by atoms with Gasteiger partial charge in [-0.3, -0.25) is 9.05 Å². The van der Waals surface area contributed by atoms with Crippen molar-refractivity contribution in [3.63, 3.8) is 0 Å². The van der Waals surface area contributed by atoms with Crippen LogP contribution in [0.4, 0.5) is 0 Å². The average molecular weight is 339 g/mol. The Bertz CT molecular complexity index is 412. The summed E-state index contributed by atoms with van der Waals surface area (Å²) in [5.74, 6) is -0.581. The lowest BCUT2D eigenvalue weighted by Gasteiger charge is -2.21. The van der Waals surface area contributed by atoms with Crippen LogP contribution in [0.2, 0.25) is 0 Å². The van der Waals surface area contributed by atoms with Gasteiger partial charge in [-0.05, 0) is 20.8 Å². The summed E-state index contributed by atoms with van der Waals surface area (Å²) >= 11 is 6.28. The fourth-order valence-electron chi connectivity index (χ4n) is 0.990. The van der Waals surface area contributed by atoms with E-state index in [2.05, 4.69) is 0 Å². The number of hydrogen-bond donors (Lipinski definition) is 0. The molecule has 0 N–H and O–H groups in total. The lowest BCUT2D eigenvalue weighted by molar-refractivity contribution is -0.141. The molecule has 9 heteroatoms. The summed E-state index contributed by atoms with van der Waals surface area (Å²) in [5, 5.41) is 9.89. The third kappa shape index (κ3) is 7.88. The predicted molar refractivity (Wildman–Crippen MR) is 81.4 cm³/mol. The summed E-state index contributed by atoms with van der Waals surface area (Å²) in [5.41, 5.74) is 0. The smallest absolute Gasteiger partial charge is 0.380 e. The highest BCUT2D eigenvalue weighted by Crippen LogP contribution is 2.51. The Balaban J connectivity index is 5.01. The Hall–Kier alpha value is -0.580. The molecule has 0 rings (SSSR count). The molecule has 0 bridgehead atoms. The number of rotatable bonds is 10. The van der Waals surface area contributed by atoms with Crippen molar-refractivity contribution in [3.05, 3.63) is 11.2 Å². The van der Waals surface area contributed by atoms with E-state index in [0.717, 1.165) is 11.8 Å². The van der Waals surface area contributed by atoms with E-state index >= 15 is 0 Å². The lowest BCUT2D eigenvalue weighted by Crippen LogP contribution is -2.11. The number of hydrogen-bond acceptors (Lipinski definition) is 8. The molecule has 0 aromatic rings. The largest absolute Gasteiger partial charge is 0.460 e. The molecule has 0 saturated heterocycles. The first-order valence-corrected chi connectivity index (χ1v) is 9.58. The molecule has 0 unspecified atom stereocenters. The number of carbonyl (C=O) groups excluding carboxylic acids is 1. The van der Waals surface area contributed by atoms with Gasteiger partial charge >= 0.3 is 12.7 Å². The average Bonchev–Trinajstić information content (AvgIpc) is 2.38. The van der Waals surface area contributed by atoms with Gasteiger partial charge in [0.25, 0.3) is 0 Å². The second kappa shape index (κ2) is 11.1. The molecule has 0 aromatic carbocycles. The van der Waals surface area contributed by atoms with Crippen molar-refractivity contribution in [2.45, 2.75) is 20.8 Å². The van der Waals surface area contributed by atoms with Crippen LogP contribution in [0.25, 0.3) is 0 Å². The summed E-state index contributed by atoms with van der Waals surface area (Å²) in [6, 6.07) is 1.94. The zero-order valence-electron chi connectivity index (χ0n) is 11.7. The molecule has 0 spiro atoms. The van der Waals surface area contributed by atoms with Crippen molar-refractivity contribution in [1.29, 1.82) is 5.26 Å². The van der Waals surface area contributed by atoms with Gasteiger partial charge in [-0.25, -0.2) is 4.79 Å². The molecule has 0 radical (unpaired) electrons. The molecule has 0 aromatic heterocycles. The second-order valence-electron chi connectivity index (χ2n) is 3.05. The van der Waals surface area contributed by atoms with Crippen molar-refractivity contribution in [2.24, 2.45) is 0 Å². The lowest BCUT2D eigenvalue weighted by atomic mass is 10.6. The summed E-state index contributed by atoms with van der Waals surface area (Å²) in [6.07, 6.45) is 0. The van der Waals surface area contributed by atoms with E-state index in [1.807, 2.05) is 6.07 Å². The first-order chi connectivity index (χ1) is 9.52. The Morgan fingerprint density at radius 1 is 1.30 bits per heavy atom. The number of esters is 1. The van der Waals surface area contributed by atoms with Crippen LogP contribution in [0.1, 0.15) is 20.8 Å². The highest BCUT2D eigenvalue weighted by atomic mass is 32.5. The van der Waals surface area contributed by atoms with Gasteiger partial charge in [0.05, 0.1) is 31.6 Å². The van der Waals surface area contributed by atoms with Crippen molar-refractivity contribution in [3.8, 4) is 6.07 Å². The normalized spacial score (nSPS) is 11.8. The van der Waals surface area contributed by atoms with E-state index in [1.54, 1.807) is 20.8 Å². The van der Waals surface area contributed by atoms with Gasteiger partial charge in [-0.15, -0.1) is 11.8 Å². The minimum Gasteiger partial charge on any atom is -0.460 e. The molecular weight excluding hydrogens is 321 g/mol. The number of nitrogens with zero attached hydrogens (tertiary/aromatic N) is 1. The molecule has 0 fully saturated rings. The highest BCUT2D eigenvalue weighted by Gasteiger charge is 2.26. The van der Waals surface area contributed by atoms with E-state index in [-0.39, 0.29) is 18.1 Å². The van der Waals surface area contributed by atoms with Gasteiger partial charge in [0.2, 0.25) is 5.76 Å². The molecule has 0 saturated carbocycles. The topological polar surface area (TPSA) is 77.8 Å². The number of carbonyl (C=O) groups is 1. The molecule has 114 valence electrons. The van der Waals surface area contributed by atoms with E-state index in [4.69, 9.17) is 35.4 Å². The zero-order valence-corrected chi connectivity index (χ0v) is 14.2. The van der Waals surface area contributed by atoms with E-state index < -0.39 is 12.7 Å². The van der Waals surface area contributed by atoms with E-state index in [0.29, 0.717) is 13.2 Å². The van der Waals surface area contributed by atoms with Crippen LogP contribution in [0, 0.1) is 11.3 Å². The Morgan fingerprint density at radius 3 is 2.35 bits per heavy atom. The fourth-order valence-corrected chi connectivity index (χ4v) is 3.57. The van der Waals surface area contributed by atoms with E-state index in [9.17, 15) is 4.79 Å². The number of thioether (sulfide) groups is 1. The minimum absolute atomic E-state index is 0.0997. The highest BCUT2D eigenvalue weighted by molar-refractivity contribution is 8.07. The van der Waals surface area contributed by atoms with Crippen molar-refractivity contribution in [2.75, 3.05) is 25.6 Å². The van der Waals surface area contributed by atoms with Crippen LogP contribution < -0.4 is 0 Å². The number of nitriles is 1. The van der Waals surface area contributed by atoms with Crippen molar-refractivity contribution in [1.82, 2.24) is 0 Å². The molecule has 0 aliphatic carbocycles. The SMILES string of the molecule is CCOC(=O)/C(=C/SCC#N)OP(=S)(OCC)OCC. The maximum Gasteiger partial charge on any atom is 0.380 e. The maximum atomic E-state index is 11.8. The van der Waals surface area contributed by atoms with Gasteiger partial charge < -0.3 is 9.26 Å². The van der Waals surface area contributed by atoms with Gasteiger partial charge in [0, 0.05) is 17.2 Å². The summed E-state index contributed by atoms with van der Waals surface area (Å²) in [4.78, 5) is 11.8. The summed E-state index contributed by atoms with van der Waals surface area (Å²) in [7, 11) is 0. The molecule has 0 aliphatic rings. The van der Waals surface area contributed by atoms with Crippen LogP contribution in [0.3, 0.4) is 0 Å². The summed E-state index contributed by atoms with van der Waals surface area (Å²) < 4.78 is 20.9. The molecular formula is C11H18NO5PS2. The van der Waals surface area contributed by atoms with Crippen LogP contribution in [0.15, 0.2) is 11.2 Å². The standard InChI is InChI=1S/C11H18NO5PS2/c1-4-14-11(13)10(9-20-8-7-12)17-18(19,15-5-2)16-6-3/h9H,4-6,8H2,1-3H3/b10-9-. The van der Waals surface area contributed by atoms with Gasteiger partial charge in [-0.1, -0.05) is 0 Å². The zero-order chi connectivity index (χ0) is 15.4. The minimum atomic E-state index is -3.03. The van der Waals surface area contributed by atoms with Crippen LogP contribution in [-0.2, 0) is 34.9 Å². The predicted octanol–water partition coefficient (Wildman–Crippen LogP) is 2.96. The number of ether oxygens (including phenoxy) is 1. The van der Waals surface area contributed by atoms with Crippen molar-refractivity contribution < 1.29 is 23.1 Å². The van der Waals surface area contributed by atoms with Crippen LogP contribution in [0.5, 0.6) is 0 Å². The maximum absolute atomic E-state index is 11.8. The Labute approximate surface area is 128 Å². The third-order valence-corrected chi connectivity index (χ3v) is 4.70. The van der Waals surface area contributed by atoms with Gasteiger partial charge in [0.15, 0.2) is 0 Å². The van der Waals surface area contributed by atoms with Crippen LogP contribution in [-0.4, -0.2) is 31.5 Å². The molecule has 6 nitrogen and oxygen atoms in total. The quantitative estimate of drug-likeness (QED) is 0.198. The monoisotopic (exact) mass is 339 g/mol.